The maximum atomic E-state index is 11.6. The number of nitrogens with zero attached hydrogens (tertiary/aromatic N) is 2. The number of aliphatic hydroxyl groups is 2. The predicted octanol–water partition coefficient (Wildman–Crippen LogP) is 0.510. The molecule has 0 spiro atoms. The van der Waals surface area contributed by atoms with Crippen molar-refractivity contribution in [2.45, 2.75) is 57.4 Å². The fraction of sp³-hybridized carbons (Fsp3) is 0.636. The van der Waals surface area contributed by atoms with E-state index in [4.69, 9.17) is 4.74 Å². The standard InChI is InChI=1S/C22H33N3O5/c1-16(26)25-14-18(27)12-20(21(28)15-25)23-13-17-5-7-19(8-6-17)30-11-3-10-24-9-2-4-22(24)29/h5-8,18,20-21,23,27-28H,2-4,9-15H2,1H3/t18-,20-,21-/m1/s1. The summed E-state index contributed by atoms with van der Waals surface area (Å²) < 4.78 is 5.76. The lowest BCUT2D eigenvalue weighted by molar-refractivity contribution is -0.131. The van der Waals surface area contributed by atoms with Gasteiger partial charge in [0, 0.05) is 52.1 Å². The van der Waals surface area contributed by atoms with E-state index in [1.54, 1.807) is 0 Å². The van der Waals surface area contributed by atoms with Crippen LogP contribution in [0.4, 0.5) is 0 Å². The normalized spacial score (nSPS) is 24.8. The molecule has 3 rings (SSSR count). The number of likely N-dealkylation sites (tertiary alicyclic amines) is 2. The van der Waals surface area contributed by atoms with E-state index in [-0.39, 0.29) is 30.9 Å². The minimum absolute atomic E-state index is 0.142. The van der Waals surface area contributed by atoms with Crippen molar-refractivity contribution in [1.82, 2.24) is 15.1 Å². The molecule has 2 amide bonds. The van der Waals surface area contributed by atoms with Crippen LogP contribution in [0.2, 0.25) is 0 Å². The number of nitrogens with one attached hydrogen (secondary N) is 1. The van der Waals surface area contributed by atoms with E-state index < -0.39 is 12.2 Å². The number of aliphatic hydroxyl groups excluding tert-OH is 2. The van der Waals surface area contributed by atoms with Crippen molar-refractivity contribution < 1.29 is 24.5 Å². The molecule has 0 bridgehead atoms. The summed E-state index contributed by atoms with van der Waals surface area (Å²) in [6.07, 6.45) is 1.45. The van der Waals surface area contributed by atoms with Crippen LogP contribution in [0.3, 0.4) is 0 Å². The van der Waals surface area contributed by atoms with E-state index in [2.05, 4.69) is 5.32 Å². The van der Waals surface area contributed by atoms with Gasteiger partial charge in [0.25, 0.3) is 0 Å². The quantitative estimate of drug-likeness (QED) is 0.531. The molecular formula is C22H33N3O5. The van der Waals surface area contributed by atoms with Crippen LogP contribution in [0.5, 0.6) is 5.75 Å². The van der Waals surface area contributed by atoms with Crippen LogP contribution in [0.25, 0.3) is 0 Å². The Hall–Kier alpha value is -2.16. The second-order valence-electron chi connectivity index (χ2n) is 8.20. The first-order chi connectivity index (χ1) is 14.4. The zero-order valence-corrected chi connectivity index (χ0v) is 17.6. The number of rotatable bonds is 8. The van der Waals surface area contributed by atoms with Crippen LogP contribution in [-0.4, -0.2) is 82.9 Å². The van der Waals surface area contributed by atoms with Crippen LogP contribution in [0.15, 0.2) is 24.3 Å². The number of carbonyl (C=O) groups excluding carboxylic acids is 2. The molecule has 2 aliphatic heterocycles. The molecule has 8 heteroatoms. The molecule has 0 aliphatic carbocycles. The maximum absolute atomic E-state index is 11.6. The first-order valence-electron chi connectivity index (χ1n) is 10.8. The molecule has 8 nitrogen and oxygen atoms in total. The monoisotopic (exact) mass is 419 g/mol. The van der Waals surface area contributed by atoms with E-state index in [0.717, 1.165) is 37.2 Å². The molecule has 2 saturated heterocycles. The molecule has 0 radical (unpaired) electrons. The van der Waals surface area contributed by atoms with Gasteiger partial charge in [0.15, 0.2) is 0 Å². The largest absolute Gasteiger partial charge is 0.494 e. The Morgan fingerprint density at radius 1 is 1.23 bits per heavy atom. The SMILES string of the molecule is CC(=O)N1C[C@H](O)C[C@@H](NCc2ccc(OCCCN3CCCC3=O)cc2)[C@H](O)C1. The molecular weight excluding hydrogens is 386 g/mol. The minimum Gasteiger partial charge on any atom is -0.494 e. The van der Waals surface area contributed by atoms with E-state index in [0.29, 0.717) is 26.0 Å². The fourth-order valence-corrected chi connectivity index (χ4v) is 4.02. The highest BCUT2D eigenvalue weighted by atomic mass is 16.5. The van der Waals surface area contributed by atoms with Crippen molar-refractivity contribution >= 4 is 11.8 Å². The molecule has 0 aromatic heterocycles. The van der Waals surface area contributed by atoms with Gasteiger partial charge < -0.3 is 30.1 Å². The number of amides is 2. The molecule has 0 saturated carbocycles. The molecule has 1 aromatic rings. The van der Waals surface area contributed by atoms with E-state index >= 15 is 0 Å². The average Bonchev–Trinajstić information content (AvgIpc) is 3.06. The lowest BCUT2D eigenvalue weighted by Gasteiger charge is -2.24. The summed E-state index contributed by atoms with van der Waals surface area (Å²) in [7, 11) is 0. The van der Waals surface area contributed by atoms with Gasteiger partial charge in [-0.05, 0) is 37.0 Å². The molecule has 3 atom stereocenters. The molecule has 166 valence electrons. The summed E-state index contributed by atoms with van der Waals surface area (Å²) in [5, 5.41) is 23.8. The Kier molecular flexibility index (Phi) is 8.07. The van der Waals surface area contributed by atoms with Gasteiger partial charge in [0.05, 0.1) is 18.8 Å². The average molecular weight is 420 g/mol. The lowest BCUT2D eigenvalue weighted by Crippen LogP contribution is -2.44. The third-order valence-electron chi connectivity index (χ3n) is 5.78. The zero-order valence-electron chi connectivity index (χ0n) is 17.6. The van der Waals surface area contributed by atoms with Gasteiger partial charge in [0.1, 0.15) is 5.75 Å². The predicted molar refractivity (Wildman–Crippen MR) is 112 cm³/mol. The smallest absolute Gasteiger partial charge is 0.222 e. The Morgan fingerprint density at radius 2 is 2.00 bits per heavy atom. The van der Waals surface area contributed by atoms with Gasteiger partial charge in [-0.2, -0.15) is 0 Å². The highest BCUT2D eigenvalue weighted by Gasteiger charge is 2.30. The topological polar surface area (TPSA) is 102 Å². The van der Waals surface area contributed by atoms with E-state index in [9.17, 15) is 19.8 Å². The first kappa shape index (κ1) is 22.5. The van der Waals surface area contributed by atoms with E-state index in [1.807, 2.05) is 29.2 Å². The Balaban J connectivity index is 1.40. The number of carbonyl (C=O) groups is 2. The zero-order chi connectivity index (χ0) is 21.5. The Morgan fingerprint density at radius 3 is 2.67 bits per heavy atom. The molecule has 1 aromatic carbocycles. The number of β-amino-alcohol motifs (C(OH)–C–C–N with tert-alkyl or cyclic N) is 2. The summed E-state index contributed by atoms with van der Waals surface area (Å²) in [5.41, 5.74) is 1.04. The summed E-state index contributed by atoms with van der Waals surface area (Å²) in [6.45, 7) is 4.65. The van der Waals surface area contributed by atoms with Crippen LogP contribution < -0.4 is 10.1 Å². The number of benzene rings is 1. The third-order valence-corrected chi connectivity index (χ3v) is 5.78. The molecule has 30 heavy (non-hydrogen) atoms. The Bertz CT molecular complexity index is 711. The highest BCUT2D eigenvalue weighted by Crippen LogP contribution is 2.16. The number of ether oxygens (including phenoxy) is 1. The maximum Gasteiger partial charge on any atom is 0.222 e. The Labute approximate surface area is 177 Å². The highest BCUT2D eigenvalue weighted by molar-refractivity contribution is 5.78. The van der Waals surface area contributed by atoms with Gasteiger partial charge in [-0.3, -0.25) is 9.59 Å². The van der Waals surface area contributed by atoms with Crippen molar-refractivity contribution in [2.24, 2.45) is 0 Å². The molecule has 2 aliphatic rings. The van der Waals surface area contributed by atoms with Gasteiger partial charge in [-0.15, -0.1) is 0 Å². The first-order valence-corrected chi connectivity index (χ1v) is 10.8. The van der Waals surface area contributed by atoms with Gasteiger partial charge >= 0.3 is 0 Å². The minimum atomic E-state index is -0.726. The fourth-order valence-electron chi connectivity index (χ4n) is 4.02. The van der Waals surface area contributed by atoms with Crippen LogP contribution in [0, 0.1) is 0 Å². The summed E-state index contributed by atoms with van der Waals surface area (Å²) in [5.74, 6) is 0.886. The van der Waals surface area contributed by atoms with Crippen molar-refractivity contribution in [3.05, 3.63) is 29.8 Å². The molecule has 0 unspecified atom stereocenters. The molecule has 2 fully saturated rings. The second-order valence-corrected chi connectivity index (χ2v) is 8.20. The second kappa shape index (κ2) is 10.7. The van der Waals surface area contributed by atoms with Crippen LogP contribution in [-0.2, 0) is 16.1 Å². The van der Waals surface area contributed by atoms with Crippen molar-refractivity contribution in [3.8, 4) is 5.75 Å². The third kappa shape index (κ3) is 6.42. The van der Waals surface area contributed by atoms with Crippen molar-refractivity contribution in [2.75, 3.05) is 32.8 Å². The van der Waals surface area contributed by atoms with Gasteiger partial charge in [-0.1, -0.05) is 12.1 Å². The van der Waals surface area contributed by atoms with Gasteiger partial charge in [0.2, 0.25) is 11.8 Å². The lowest BCUT2D eigenvalue weighted by atomic mass is 10.0. The van der Waals surface area contributed by atoms with Crippen LogP contribution in [0.1, 0.15) is 38.2 Å². The summed E-state index contributed by atoms with van der Waals surface area (Å²) in [4.78, 5) is 26.6. The molecule has 3 N–H and O–H groups in total. The van der Waals surface area contributed by atoms with Crippen molar-refractivity contribution in [3.63, 3.8) is 0 Å². The summed E-state index contributed by atoms with van der Waals surface area (Å²) in [6, 6.07) is 7.47. The van der Waals surface area contributed by atoms with Crippen molar-refractivity contribution in [1.29, 1.82) is 0 Å². The number of hydrogen-bond acceptors (Lipinski definition) is 6. The van der Waals surface area contributed by atoms with E-state index in [1.165, 1.54) is 11.8 Å². The van der Waals surface area contributed by atoms with Crippen LogP contribution >= 0.6 is 0 Å². The molecule has 2 heterocycles. The number of hydrogen-bond donors (Lipinski definition) is 3. The van der Waals surface area contributed by atoms with Gasteiger partial charge in [-0.25, -0.2) is 0 Å². The summed E-state index contributed by atoms with van der Waals surface area (Å²) >= 11 is 0.